The maximum atomic E-state index is 12.6. The number of rotatable bonds is 2. The summed E-state index contributed by atoms with van der Waals surface area (Å²) in [5.41, 5.74) is -0.0217. The minimum Gasteiger partial charge on any atom is -0.507 e. The first-order chi connectivity index (χ1) is 10.5. The van der Waals surface area contributed by atoms with E-state index >= 15 is 0 Å². The zero-order valence-electron chi connectivity index (χ0n) is 11.6. The third kappa shape index (κ3) is 1.85. The predicted molar refractivity (Wildman–Crippen MR) is 75.6 cm³/mol. The third-order valence-corrected chi connectivity index (χ3v) is 3.63. The highest BCUT2D eigenvalue weighted by atomic mass is 16.5. The van der Waals surface area contributed by atoms with Crippen LogP contribution >= 0.6 is 0 Å². The second-order valence-electron chi connectivity index (χ2n) is 4.92. The Morgan fingerprint density at radius 3 is 2.09 bits per heavy atom. The summed E-state index contributed by atoms with van der Waals surface area (Å²) >= 11 is 0. The molecule has 6 heteroatoms. The van der Waals surface area contributed by atoms with Crippen molar-refractivity contribution in [3.63, 3.8) is 0 Å². The van der Waals surface area contributed by atoms with Gasteiger partial charge in [-0.2, -0.15) is 0 Å². The predicted octanol–water partition coefficient (Wildman–Crippen LogP) is 1.37. The molecule has 3 rings (SSSR count). The zero-order valence-corrected chi connectivity index (χ0v) is 11.6. The molecule has 1 aliphatic carbocycles. The Bertz CT molecular complexity index is 756. The molecule has 0 amide bonds. The van der Waals surface area contributed by atoms with Gasteiger partial charge >= 0.3 is 0 Å². The number of hydrogen-bond acceptors (Lipinski definition) is 6. The van der Waals surface area contributed by atoms with E-state index in [9.17, 15) is 19.8 Å². The van der Waals surface area contributed by atoms with Crippen LogP contribution in [0.3, 0.4) is 0 Å². The van der Waals surface area contributed by atoms with Crippen molar-refractivity contribution in [2.75, 3.05) is 7.11 Å². The van der Waals surface area contributed by atoms with Crippen LogP contribution in [0, 0.1) is 0 Å². The van der Waals surface area contributed by atoms with Gasteiger partial charge in [-0.05, 0) is 23.8 Å². The molecule has 6 nitrogen and oxygen atoms in total. The fourth-order valence-corrected chi connectivity index (χ4v) is 2.60. The lowest BCUT2D eigenvalue weighted by atomic mass is 9.82. The molecule has 22 heavy (non-hydrogen) atoms. The van der Waals surface area contributed by atoms with Gasteiger partial charge < -0.3 is 20.1 Å². The Hall–Kier alpha value is -2.86. The van der Waals surface area contributed by atoms with Crippen molar-refractivity contribution in [2.45, 2.75) is 6.61 Å². The van der Waals surface area contributed by atoms with E-state index in [0.717, 1.165) is 0 Å². The molecule has 0 unspecified atom stereocenters. The molecule has 2 aromatic carbocycles. The van der Waals surface area contributed by atoms with E-state index in [2.05, 4.69) is 0 Å². The second kappa shape index (κ2) is 4.85. The maximum absolute atomic E-state index is 12.6. The first-order valence-corrected chi connectivity index (χ1v) is 6.45. The average Bonchev–Trinajstić information content (AvgIpc) is 2.50. The number of methoxy groups -OCH3 is 1. The first kappa shape index (κ1) is 14.1. The van der Waals surface area contributed by atoms with Crippen LogP contribution in [0.5, 0.6) is 17.2 Å². The van der Waals surface area contributed by atoms with Crippen LogP contribution in [0.15, 0.2) is 24.3 Å². The number of ether oxygens (including phenoxy) is 1. The highest BCUT2D eigenvalue weighted by Gasteiger charge is 2.35. The topological polar surface area (TPSA) is 104 Å². The summed E-state index contributed by atoms with van der Waals surface area (Å²) in [6.45, 7) is -0.376. The molecule has 1 aliphatic rings. The van der Waals surface area contributed by atoms with E-state index in [4.69, 9.17) is 9.84 Å². The molecule has 0 aliphatic heterocycles. The molecule has 0 heterocycles. The third-order valence-electron chi connectivity index (χ3n) is 3.63. The fourth-order valence-electron chi connectivity index (χ4n) is 2.60. The lowest BCUT2D eigenvalue weighted by Gasteiger charge is -2.20. The summed E-state index contributed by atoms with van der Waals surface area (Å²) in [6, 6.07) is 5.17. The maximum Gasteiger partial charge on any atom is 0.201 e. The molecule has 2 aromatic rings. The number of ketones is 2. The highest BCUT2D eigenvalue weighted by Crippen LogP contribution is 2.39. The summed E-state index contributed by atoms with van der Waals surface area (Å²) in [6.07, 6.45) is 0. The van der Waals surface area contributed by atoms with Crippen molar-refractivity contribution in [2.24, 2.45) is 0 Å². The Balaban J connectivity index is 2.32. The van der Waals surface area contributed by atoms with Crippen LogP contribution < -0.4 is 4.74 Å². The van der Waals surface area contributed by atoms with Gasteiger partial charge in [0, 0.05) is 17.2 Å². The Kier molecular flexibility index (Phi) is 3.11. The molecule has 0 aromatic heterocycles. The van der Waals surface area contributed by atoms with Crippen LogP contribution in [-0.2, 0) is 6.61 Å². The van der Waals surface area contributed by atoms with Crippen molar-refractivity contribution in [3.8, 4) is 17.2 Å². The lowest BCUT2D eigenvalue weighted by molar-refractivity contribution is 0.0973. The first-order valence-electron chi connectivity index (χ1n) is 6.45. The lowest BCUT2D eigenvalue weighted by Crippen LogP contribution is -2.21. The van der Waals surface area contributed by atoms with E-state index in [-0.39, 0.29) is 40.4 Å². The summed E-state index contributed by atoms with van der Waals surface area (Å²) in [4.78, 5) is 25.1. The molecule has 0 radical (unpaired) electrons. The summed E-state index contributed by atoms with van der Waals surface area (Å²) in [5.74, 6) is -1.72. The van der Waals surface area contributed by atoms with E-state index in [1.165, 1.54) is 31.4 Å². The number of phenols is 2. The van der Waals surface area contributed by atoms with Crippen molar-refractivity contribution in [1.82, 2.24) is 0 Å². The van der Waals surface area contributed by atoms with Gasteiger partial charge in [0.15, 0.2) is 5.78 Å². The molecular weight excluding hydrogens is 288 g/mol. The Morgan fingerprint density at radius 2 is 1.50 bits per heavy atom. The van der Waals surface area contributed by atoms with Gasteiger partial charge in [0.25, 0.3) is 0 Å². The highest BCUT2D eigenvalue weighted by molar-refractivity contribution is 6.30. The molecule has 0 fully saturated rings. The minimum absolute atomic E-state index is 0.00356. The molecule has 0 bridgehead atoms. The fraction of sp³-hybridized carbons (Fsp3) is 0.125. The molecule has 0 saturated carbocycles. The van der Waals surface area contributed by atoms with Crippen molar-refractivity contribution < 1.29 is 29.6 Å². The molecule has 3 N–H and O–H groups in total. The monoisotopic (exact) mass is 300 g/mol. The van der Waals surface area contributed by atoms with Crippen LogP contribution in [0.1, 0.15) is 37.4 Å². The van der Waals surface area contributed by atoms with Crippen LogP contribution in [0.2, 0.25) is 0 Å². The van der Waals surface area contributed by atoms with Crippen LogP contribution in [0.4, 0.5) is 0 Å². The number of carbonyl (C=O) groups is 2. The number of benzene rings is 2. The van der Waals surface area contributed by atoms with E-state index in [1.807, 2.05) is 0 Å². The van der Waals surface area contributed by atoms with Gasteiger partial charge in [-0.3, -0.25) is 9.59 Å². The summed E-state index contributed by atoms with van der Waals surface area (Å²) < 4.78 is 4.99. The molecular formula is C16H12O6. The summed E-state index contributed by atoms with van der Waals surface area (Å²) in [5, 5.41) is 29.2. The SMILES string of the molecule is COc1cc(O)c2c(c1)C(=O)c1cc(CO)cc(O)c1C2=O. The standard InChI is InChI=1S/C16H12O6/c1-22-8-4-10-14(12(19)5-8)16(21)13-9(15(10)20)2-7(6-17)3-11(13)18/h2-5,17-19H,6H2,1H3. The van der Waals surface area contributed by atoms with Crippen molar-refractivity contribution >= 4 is 11.6 Å². The van der Waals surface area contributed by atoms with Gasteiger partial charge in [0.1, 0.15) is 17.2 Å². The summed E-state index contributed by atoms with van der Waals surface area (Å²) in [7, 11) is 1.37. The second-order valence-corrected chi connectivity index (χ2v) is 4.92. The molecule has 0 spiro atoms. The molecule has 112 valence electrons. The van der Waals surface area contributed by atoms with E-state index < -0.39 is 17.3 Å². The largest absolute Gasteiger partial charge is 0.507 e. The molecule has 0 saturated heterocycles. The van der Waals surface area contributed by atoms with Crippen LogP contribution in [0.25, 0.3) is 0 Å². The smallest absolute Gasteiger partial charge is 0.201 e. The Labute approximate surface area is 125 Å². The van der Waals surface area contributed by atoms with E-state index in [0.29, 0.717) is 5.56 Å². The number of fused-ring (bicyclic) bond motifs is 2. The number of aromatic hydroxyl groups is 2. The van der Waals surface area contributed by atoms with Gasteiger partial charge in [-0.15, -0.1) is 0 Å². The minimum atomic E-state index is -0.647. The number of hydrogen-bond donors (Lipinski definition) is 3. The van der Waals surface area contributed by atoms with Gasteiger partial charge in [0.05, 0.1) is 24.8 Å². The Morgan fingerprint density at radius 1 is 0.909 bits per heavy atom. The van der Waals surface area contributed by atoms with Gasteiger partial charge in [-0.25, -0.2) is 0 Å². The van der Waals surface area contributed by atoms with Crippen LogP contribution in [-0.4, -0.2) is 34.0 Å². The van der Waals surface area contributed by atoms with Gasteiger partial charge in [0.2, 0.25) is 5.78 Å². The van der Waals surface area contributed by atoms with E-state index in [1.54, 1.807) is 0 Å². The number of aliphatic hydroxyl groups is 1. The van der Waals surface area contributed by atoms with Crippen molar-refractivity contribution in [1.29, 1.82) is 0 Å². The molecule has 0 atom stereocenters. The zero-order chi connectivity index (χ0) is 16.0. The normalized spacial score (nSPS) is 12.8. The quantitative estimate of drug-likeness (QED) is 0.660. The van der Waals surface area contributed by atoms with Gasteiger partial charge in [-0.1, -0.05) is 0 Å². The number of carbonyl (C=O) groups excluding carboxylic acids is 2. The van der Waals surface area contributed by atoms with Crippen molar-refractivity contribution in [3.05, 3.63) is 52.1 Å². The number of aliphatic hydroxyl groups excluding tert-OH is 1. The average molecular weight is 300 g/mol. The number of phenolic OH excluding ortho intramolecular Hbond substituents is 2.